The van der Waals surface area contributed by atoms with E-state index in [1.165, 1.54) is 0 Å². The van der Waals surface area contributed by atoms with Crippen molar-refractivity contribution in [3.8, 4) is 0 Å². The molecule has 0 spiro atoms. The van der Waals surface area contributed by atoms with Gasteiger partial charge in [-0.25, -0.2) is 4.79 Å². The summed E-state index contributed by atoms with van der Waals surface area (Å²) in [6.07, 6.45) is 4.24. The summed E-state index contributed by atoms with van der Waals surface area (Å²) in [5.74, 6) is 2.35. The van der Waals surface area contributed by atoms with E-state index in [4.69, 9.17) is 4.52 Å². The first-order valence-electron chi connectivity index (χ1n) is 6.83. The van der Waals surface area contributed by atoms with E-state index in [0.29, 0.717) is 17.6 Å². The van der Waals surface area contributed by atoms with Crippen LogP contribution < -0.4 is 5.32 Å². The van der Waals surface area contributed by atoms with Gasteiger partial charge in [-0.3, -0.25) is 5.32 Å². The molecule has 2 aromatic rings. The number of hydrogen-bond acceptors (Lipinski definition) is 7. The molecule has 0 radical (unpaired) electrons. The van der Waals surface area contributed by atoms with Crippen LogP contribution in [0, 0.1) is 12.8 Å². The molecule has 0 aromatic carbocycles. The van der Waals surface area contributed by atoms with Gasteiger partial charge in [0.1, 0.15) is 0 Å². The molecule has 0 saturated carbocycles. The van der Waals surface area contributed by atoms with Crippen molar-refractivity contribution in [1.29, 1.82) is 0 Å². The highest BCUT2D eigenvalue weighted by molar-refractivity contribution is 6.99. The van der Waals surface area contributed by atoms with Gasteiger partial charge in [0, 0.05) is 26.4 Å². The predicted octanol–water partition coefficient (Wildman–Crippen LogP) is 1.72. The predicted molar refractivity (Wildman–Crippen MR) is 76.0 cm³/mol. The number of likely N-dealkylation sites (tertiary alicyclic amines) is 1. The Morgan fingerprint density at radius 2 is 2.33 bits per heavy atom. The van der Waals surface area contributed by atoms with Crippen molar-refractivity contribution in [2.75, 3.05) is 18.4 Å². The lowest BCUT2D eigenvalue weighted by Gasteiger charge is -2.31. The number of rotatable bonds is 3. The lowest BCUT2D eigenvalue weighted by molar-refractivity contribution is 0.181. The summed E-state index contributed by atoms with van der Waals surface area (Å²) in [5.41, 5.74) is 0. The number of carbonyl (C=O) groups excluding carboxylic acids is 1. The zero-order chi connectivity index (χ0) is 14.7. The summed E-state index contributed by atoms with van der Waals surface area (Å²) in [7, 11) is 0. The molecule has 8 nitrogen and oxygen atoms in total. The molecule has 9 heteroatoms. The molecule has 1 N–H and O–H groups in total. The number of amides is 2. The number of hydrogen-bond donors (Lipinski definition) is 1. The second-order valence-corrected chi connectivity index (χ2v) is 5.64. The van der Waals surface area contributed by atoms with Gasteiger partial charge in [-0.2, -0.15) is 13.7 Å². The molecule has 21 heavy (non-hydrogen) atoms. The summed E-state index contributed by atoms with van der Waals surface area (Å²) in [5, 5.41) is 6.66. The van der Waals surface area contributed by atoms with E-state index >= 15 is 0 Å². The third-order valence-corrected chi connectivity index (χ3v) is 4.02. The summed E-state index contributed by atoms with van der Waals surface area (Å²) < 4.78 is 12.8. The minimum Gasteiger partial charge on any atom is -0.340 e. The summed E-state index contributed by atoms with van der Waals surface area (Å²) in [6, 6.07) is -0.114. The fraction of sp³-hybridized carbons (Fsp3) is 0.583. The number of nitrogens with one attached hydrogen (secondary N) is 1. The van der Waals surface area contributed by atoms with Crippen LogP contribution in [0.2, 0.25) is 0 Å². The van der Waals surface area contributed by atoms with Crippen molar-refractivity contribution in [3.63, 3.8) is 0 Å². The van der Waals surface area contributed by atoms with Gasteiger partial charge in [-0.05, 0) is 18.8 Å². The number of aryl methyl sites for hydroxylation is 1. The van der Waals surface area contributed by atoms with E-state index in [-0.39, 0.29) is 6.03 Å². The molecule has 0 unspecified atom stereocenters. The third kappa shape index (κ3) is 3.54. The standard InChI is InChI=1S/C12H16N6O2S/c1-8-14-10(16-20-8)6-9-2-4-18(5-3-9)12(19)15-11-7-13-21-17-11/h7,9H,2-6H2,1H3,(H,15,17,19). The number of carbonyl (C=O) groups is 1. The molecular formula is C12H16N6O2S. The minimum absolute atomic E-state index is 0.114. The number of urea groups is 1. The summed E-state index contributed by atoms with van der Waals surface area (Å²) in [4.78, 5) is 18.1. The second kappa shape index (κ2) is 6.17. The summed E-state index contributed by atoms with van der Waals surface area (Å²) in [6.45, 7) is 3.24. The Balaban J connectivity index is 1.47. The van der Waals surface area contributed by atoms with E-state index in [0.717, 1.165) is 49.9 Å². The van der Waals surface area contributed by atoms with Crippen LogP contribution >= 0.6 is 11.7 Å². The number of piperidine rings is 1. The molecule has 0 aliphatic carbocycles. The fourth-order valence-electron chi connectivity index (χ4n) is 2.43. The average Bonchev–Trinajstić information content (AvgIpc) is 3.12. The zero-order valence-electron chi connectivity index (χ0n) is 11.7. The maximum atomic E-state index is 12.0. The number of aromatic nitrogens is 4. The molecule has 3 rings (SSSR count). The smallest absolute Gasteiger partial charge is 0.323 e. The first-order valence-corrected chi connectivity index (χ1v) is 7.56. The Morgan fingerprint density at radius 3 is 2.95 bits per heavy atom. The van der Waals surface area contributed by atoms with Gasteiger partial charge >= 0.3 is 6.03 Å². The Labute approximate surface area is 125 Å². The van der Waals surface area contributed by atoms with Gasteiger partial charge in [0.05, 0.1) is 17.9 Å². The highest BCUT2D eigenvalue weighted by Gasteiger charge is 2.24. The van der Waals surface area contributed by atoms with Gasteiger partial charge in [0.2, 0.25) is 5.89 Å². The average molecular weight is 308 g/mol. The van der Waals surface area contributed by atoms with Gasteiger partial charge in [-0.15, -0.1) is 0 Å². The maximum Gasteiger partial charge on any atom is 0.323 e. The lowest BCUT2D eigenvalue weighted by atomic mass is 9.93. The molecule has 1 saturated heterocycles. The molecule has 2 amide bonds. The fourth-order valence-corrected chi connectivity index (χ4v) is 2.81. The monoisotopic (exact) mass is 308 g/mol. The van der Waals surface area contributed by atoms with Crippen LogP contribution in [0.5, 0.6) is 0 Å². The Bertz CT molecular complexity index is 591. The van der Waals surface area contributed by atoms with Crippen molar-refractivity contribution in [2.24, 2.45) is 5.92 Å². The van der Waals surface area contributed by atoms with Crippen LogP contribution in [0.15, 0.2) is 10.7 Å². The molecule has 2 aromatic heterocycles. The lowest BCUT2D eigenvalue weighted by Crippen LogP contribution is -2.41. The molecule has 3 heterocycles. The van der Waals surface area contributed by atoms with E-state index < -0.39 is 0 Å². The Kier molecular flexibility index (Phi) is 4.09. The van der Waals surface area contributed by atoms with Crippen LogP contribution in [0.1, 0.15) is 24.6 Å². The third-order valence-electron chi connectivity index (χ3n) is 3.54. The Hall–Kier alpha value is -2.03. The van der Waals surface area contributed by atoms with Crippen LogP contribution in [0.25, 0.3) is 0 Å². The topological polar surface area (TPSA) is 97.0 Å². The molecule has 1 aliphatic heterocycles. The van der Waals surface area contributed by atoms with Crippen molar-refractivity contribution >= 4 is 23.6 Å². The van der Waals surface area contributed by atoms with Gasteiger partial charge in [0.25, 0.3) is 0 Å². The minimum atomic E-state index is -0.114. The molecule has 0 atom stereocenters. The normalized spacial score (nSPS) is 16.1. The van der Waals surface area contributed by atoms with Crippen LogP contribution in [-0.2, 0) is 6.42 Å². The molecular weight excluding hydrogens is 292 g/mol. The largest absolute Gasteiger partial charge is 0.340 e. The highest BCUT2D eigenvalue weighted by atomic mass is 32.1. The van der Waals surface area contributed by atoms with Crippen molar-refractivity contribution < 1.29 is 9.32 Å². The van der Waals surface area contributed by atoms with E-state index in [2.05, 4.69) is 24.2 Å². The number of anilines is 1. The van der Waals surface area contributed by atoms with Crippen molar-refractivity contribution in [2.45, 2.75) is 26.2 Å². The van der Waals surface area contributed by atoms with E-state index in [1.807, 2.05) is 0 Å². The molecule has 1 fully saturated rings. The molecule has 112 valence electrons. The van der Waals surface area contributed by atoms with Crippen molar-refractivity contribution in [3.05, 3.63) is 17.9 Å². The van der Waals surface area contributed by atoms with Gasteiger partial charge in [0.15, 0.2) is 11.6 Å². The molecule has 0 bridgehead atoms. The second-order valence-electron chi connectivity index (χ2n) is 5.09. The zero-order valence-corrected chi connectivity index (χ0v) is 12.5. The summed E-state index contributed by atoms with van der Waals surface area (Å²) >= 11 is 1.08. The first-order chi connectivity index (χ1) is 10.2. The quantitative estimate of drug-likeness (QED) is 0.927. The highest BCUT2D eigenvalue weighted by Crippen LogP contribution is 2.21. The van der Waals surface area contributed by atoms with E-state index in [1.54, 1.807) is 18.0 Å². The van der Waals surface area contributed by atoms with Crippen LogP contribution in [-0.4, -0.2) is 42.9 Å². The van der Waals surface area contributed by atoms with E-state index in [9.17, 15) is 4.79 Å². The van der Waals surface area contributed by atoms with Crippen molar-refractivity contribution in [1.82, 2.24) is 23.8 Å². The van der Waals surface area contributed by atoms with Crippen LogP contribution in [0.4, 0.5) is 10.6 Å². The van der Waals surface area contributed by atoms with Crippen LogP contribution in [0.3, 0.4) is 0 Å². The number of nitrogens with zero attached hydrogens (tertiary/aromatic N) is 5. The van der Waals surface area contributed by atoms with Gasteiger partial charge < -0.3 is 9.42 Å². The maximum absolute atomic E-state index is 12.0. The SMILES string of the molecule is Cc1nc(CC2CCN(C(=O)Nc3cnsn3)CC2)no1. The van der Waals surface area contributed by atoms with Gasteiger partial charge in [-0.1, -0.05) is 5.16 Å². The Morgan fingerprint density at radius 1 is 1.52 bits per heavy atom. The first kappa shape index (κ1) is 13.9. The molecule has 1 aliphatic rings.